The van der Waals surface area contributed by atoms with Crippen LogP contribution in [-0.4, -0.2) is 36.0 Å². The monoisotopic (exact) mass is 261 g/mol. The van der Waals surface area contributed by atoms with Crippen LogP contribution in [0.15, 0.2) is 40.4 Å². The van der Waals surface area contributed by atoms with Crippen LogP contribution in [0.4, 0.5) is 15.3 Å². The van der Waals surface area contributed by atoms with Crippen molar-refractivity contribution in [2.75, 3.05) is 19.0 Å². The minimum Gasteiger partial charge on any atom is -0.282 e. The first-order valence-electron chi connectivity index (χ1n) is 5.42. The van der Waals surface area contributed by atoms with Gasteiger partial charge in [0.05, 0.1) is 5.69 Å². The lowest BCUT2D eigenvalue weighted by Gasteiger charge is -2.41. The van der Waals surface area contributed by atoms with Crippen LogP contribution in [0, 0.1) is 0 Å². The van der Waals surface area contributed by atoms with E-state index in [9.17, 15) is 9.59 Å². The fourth-order valence-electron chi connectivity index (χ4n) is 2.02. The second-order valence-electron chi connectivity index (χ2n) is 4.08. The summed E-state index contributed by atoms with van der Waals surface area (Å²) in [5.74, 6) is 0.604. The Kier molecular flexibility index (Phi) is 2.34. The van der Waals surface area contributed by atoms with Gasteiger partial charge in [-0.15, -0.1) is 0 Å². The summed E-state index contributed by atoms with van der Waals surface area (Å²) in [6.45, 7) is 0. The van der Waals surface area contributed by atoms with E-state index in [-0.39, 0.29) is 12.1 Å². The van der Waals surface area contributed by atoms with Gasteiger partial charge in [0, 0.05) is 24.4 Å². The number of thioether (sulfide) groups is 1. The average molecular weight is 261 g/mol. The van der Waals surface area contributed by atoms with E-state index in [0.717, 1.165) is 15.5 Å². The molecule has 0 N–H and O–H groups in total. The maximum absolute atomic E-state index is 12.2. The highest BCUT2D eigenvalue weighted by atomic mass is 32.2. The molecule has 0 radical (unpaired) electrons. The lowest BCUT2D eigenvalue weighted by Crippen LogP contribution is -2.57. The highest BCUT2D eigenvalue weighted by Crippen LogP contribution is 2.41. The first-order chi connectivity index (χ1) is 8.61. The Balaban J connectivity index is 2.15. The maximum Gasteiger partial charge on any atom is 0.338 e. The van der Waals surface area contributed by atoms with Gasteiger partial charge >= 0.3 is 12.1 Å². The van der Waals surface area contributed by atoms with E-state index in [0.29, 0.717) is 5.82 Å². The number of anilines is 1. The van der Waals surface area contributed by atoms with Crippen molar-refractivity contribution in [1.82, 2.24) is 9.80 Å². The number of fused-ring (bicyclic) bond motifs is 3. The Bertz CT molecular complexity index is 584. The zero-order valence-corrected chi connectivity index (χ0v) is 10.8. The Morgan fingerprint density at radius 1 is 1.00 bits per heavy atom. The number of urea groups is 2. The van der Waals surface area contributed by atoms with Gasteiger partial charge in [-0.1, -0.05) is 23.9 Å². The summed E-state index contributed by atoms with van der Waals surface area (Å²) in [6, 6.07) is 7.00. The third kappa shape index (κ3) is 1.35. The molecule has 2 aliphatic heterocycles. The molecule has 1 saturated heterocycles. The van der Waals surface area contributed by atoms with Crippen molar-refractivity contribution >= 4 is 29.5 Å². The molecule has 3 rings (SSSR count). The molecule has 6 heteroatoms. The Labute approximate surface area is 109 Å². The SMILES string of the molecule is CN1C(=O)N(C)C2=CSc3ccccc3N2C1=O. The molecule has 5 nitrogen and oxygen atoms in total. The first-order valence-corrected chi connectivity index (χ1v) is 6.30. The summed E-state index contributed by atoms with van der Waals surface area (Å²) in [4.78, 5) is 29.2. The number of para-hydroxylation sites is 1. The number of imide groups is 1. The summed E-state index contributed by atoms with van der Waals surface area (Å²) in [5.41, 5.74) is 0.816. The average Bonchev–Trinajstić information content (AvgIpc) is 2.41. The summed E-state index contributed by atoms with van der Waals surface area (Å²) < 4.78 is 0. The minimum absolute atomic E-state index is 0.317. The van der Waals surface area contributed by atoms with Gasteiger partial charge in [-0.2, -0.15) is 0 Å². The van der Waals surface area contributed by atoms with Gasteiger partial charge in [-0.05, 0) is 12.1 Å². The summed E-state index contributed by atoms with van der Waals surface area (Å²) >= 11 is 1.52. The van der Waals surface area contributed by atoms with Crippen LogP contribution in [-0.2, 0) is 0 Å². The number of benzene rings is 1. The smallest absolute Gasteiger partial charge is 0.282 e. The third-order valence-corrected chi connectivity index (χ3v) is 3.95. The van der Waals surface area contributed by atoms with Crippen molar-refractivity contribution in [3.8, 4) is 0 Å². The predicted octanol–water partition coefficient (Wildman–Crippen LogP) is 2.51. The Morgan fingerprint density at radius 3 is 2.50 bits per heavy atom. The third-order valence-electron chi connectivity index (χ3n) is 3.02. The van der Waals surface area contributed by atoms with Gasteiger partial charge in [0.2, 0.25) is 0 Å². The molecule has 1 aromatic carbocycles. The van der Waals surface area contributed by atoms with Crippen LogP contribution < -0.4 is 4.90 Å². The number of hydrogen-bond donors (Lipinski definition) is 0. The minimum atomic E-state index is -0.322. The largest absolute Gasteiger partial charge is 0.338 e. The van der Waals surface area contributed by atoms with Crippen molar-refractivity contribution in [1.29, 1.82) is 0 Å². The van der Waals surface area contributed by atoms with Gasteiger partial charge in [-0.25, -0.2) is 19.4 Å². The van der Waals surface area contributed by atoms with Crippen molar-refractivity contribution in [3.63, 3.8) is 0 Å². The second-order valence-corrected chi connectivity index (χ2v) is 4.99. The van der Waals surface area contributed by atoms with Crippen molar-refractivity contribution in [2.24, 2.45) is 0 Å². The number of nitrogens with zero attached hydrogens (tertiary/aromatic N) is 3. The molecule has 2 aliphatic rings. The molecule has 0 aliphatic carbocycles. The van der Waals surface area contributed by atoms with Gasteiger partial charge in [0.15, 0.2) is 0 Å². The number of amides is 4. The molecule has 0 bridgehead atoms. The van der Waals surface area contributed by atoms with Crippen LogP contribution >= 0.6 is 11.8 Å². The van der Waals surface area contributed by atoms with E-state index in [1.165, 1.54) is 23.7 Å². The number of rotatable bonds is 0. The topological polar surface area (TPSA) is 43.9 Å². The standard InChI is InChI=1S/C12H11N3O2S/c1-13-10-7-18-9-6-4-3-5-8(9)15(10)12(17)14(2)11(13)16/h3-7H,1-2H3. The summed E-state index contributed by atoms with van der Waals surface area (Å²) in [6.07, 6.45) is 0. The zero-order chi connectivity index (χ0) is 12.9. The fourth-order valence-corrected chi connectivity index (χ4v) is 2.95. The van der Waals surface area contributed by atoms with E-state index < -0.39 is 0 Å². The van der Waals surface area contributed by atoms with E-state index in [4.69, 9.17) is 0 Å². The van der Waals surface area contributed by atoms with Crippen molar-refractivity contribution in [2.45, 2.75) is 4.90 Å². The summed E-state index contributed by atoms with van der Waals surface area (Å²) in [7, 11) is 3.15. The van der Waals surface area contributed by atoms with Crippen LogP contribution in [0.25, 0.3) is 0 Å². The quantitative estimate of drug-likeness (QED) is 0.720. The Hall–Kier alpha value is -1.95. The normalized spacial score (nSPS) is 18.6. The fraction of sp³-hybridized carbons (Fsp3) is 0.167. The summed E-state index contributed by atoms with van der Waals surface area (Å²) in [5, 5.41) is 1.82. The zero-order valence-electron chi connectivity index (χ0n) is 9.95. The van der Waals surface area contributed by atoms with E-state index >= 15 is 0 Å². The van der Waals surface area contributed by atoms with Crippen LogP contribution in [0.1, 0.15) is 0 Å². The Morgan fingerprint density at radius 2 is 1.72 bits per heavy atom. The molecule has 1 fully saturated rings. The van der Waals surface area contributed by atoms with Crippen molar-refractivity contribution in [3.05, 3.63) is 35.5 Å². The molecule has 0 spiro atoms. The molecule has 4 amide bonds. The highest BCUT2D eigenvalue weighted by Gasteiger charge is 2.40. The molecule has 2 heterocycles. The lowest BCUT2D eigenvalue weighted by molar-refractivity contribution is 0.170. The second kappa shape index (κ2) is 3.78. The van der Waals surface area contributed by atoms with Gasteiger partial charge in [-0.3, -0.25) is 4.90 Å². The molecule has 0 atom stereocenters. The molecular formula is C12H11N3O2S. The van der Waals surface area contributed by atoms with Crippen LogP contribution in [0.5, 0.6) is 0 Å². The number of hydrogen-bond acceptors (Lipinski definition) is 3. The molecule has 18 heavy (non-hydrogen) atoms. The van der Waals surface area contributed by atoms with E-state index in [2.05, 4.69) is 0 Å². The predicted molar refractivity (Wildman–Crippen MR) is 69.2 cm³/mol. The van der Waals surface area contributed by atoms with Gasteiger partial charge in [0.25, 0.3) is 0 Å². The maximum atomic E-state index is 12.2. The number of carbonyl (C=O) groups is 2. The van der Waals surface area contributed by atoms with E-state index in [1.807, 2.05) is 29.7 Å². The van der Waals surface area contributed by atoms with Crippen LogP contribution in [0.2, 0.25) is 0 Å². The highest BCUT2D eigenvalue weighted by molar-refractivity contribution is 8.02. The first kappa shape index (κ1) is 11.2. The molecule has 1 aromatic rings. The van der Waals surface area contributed by atoms with E-state index in [1.54, 1.807) is 11.9 Å². The van der Waals surface area contributed by atoms with Gasteiger partial charge in [0.1, 0.15) is 5.82 Å². The van der Waals surface area contributed by atoms with Crippen LogP contribution in [0.3, 0.4) is 0 Å². The molecule has 0 unspecified atom stereocenters. The molecule has 0 saturated carbocycles. The van der Waals surface area contributed by atoms with Crippen molar-refractivity contribution < 1.29 is 9.59 Å². The molecule has 0 aromatic heterocycles. The molecule has 92 valence electrons. The lowest BCUT2D eigenvalue weighted by atomic mass is 10.2. The number of carbonyl (C=O) groups excluding carboxylic acids is 2. The molecular weight excluding hydrogens is 250 g/mol. The van der Waals surface area contributed by atoms with Gasteiger partial charge < -0.3 is 0 Å².